The lowest BCUT2D eigenvalue weighted by Crippen LogP contribution is -2.39. The Morgan fingerprint density at radius 2 is 1.95 bits per heavy atom. The van der Waals surface area contributed by atoms with Gasteiger partial charge in [0.15, 0.2) is 5.82 Å². The highest BCUT2D eigenvalue weighted by Crippen LogP contribution is 2.24. The van der Waals surface area contributed by atoms with Gasteiger partial charge < -0.3 is 5.32 Å². The molecule has 1 aromatic heterocycles. The van der Waals surface area contributed by atoms with Gasteiger partial charge in [0.2, 0.25) is 0 Å². The van der Waals surface area contributed by atoms with Crippen LogP contribution >= 0.6 is 0 Å². The lowest BCUT2D eigenvalue weighted by Gasteiger charge is -2.31. The predicted molar refractivity (Wildman–Crippen MR) is 83.0 cm³/mol. The highest BCUT2D eigenvalue weighted by atomic mass is 15.2. The Labute approximate surface area is 124 Å². The van der Waals surface area contributed by atoms with Gasteiger partial charge in [-0.15, -0.1) is 5.10 Å². The highest BCUT2D eigenvalue weighted by molar-refractivity contribution is 5.92. The van der Waals surface area contributed by atoms with Crippen molar-refractivity contribution in [2.24, 2.45) is 0 Å². The number of nitrogens with zero attached hydrogens (tertiary/aromatic N) is 4. The van der Waals surface area contributed by atoms with E-state index in [1.165, 1.54) is 0 Å². The summed E-state index contributed by atoms with van der Waals surface area (Å²) < 4.78 is 0. The SMILES string of the molecule is Cc1nnc(NC2CCN(CC#N)CC2)c2ccccc12. The Kier molecular flexibility index (Phi) is 3.98. The fraction of sp³-hybridized carbons (Fsp3) is 0.438. The zero-order valence-electron chi connectivity index (χ0n) is 12.2. The molecule has 1 aliphatic heterocycles. The molecule has 0 radical (unpaired) electrons. The zero-order chi connectivity index (χ0) is 14.7. The van der Waals surface area contributed by atoms with Gasteiger partial charge >= 0.3 is 0 Å². The number of piperidine rings is 1. The third-order valence-electron chi connectivity index (χ3n) is 4.09. The standard InChI is InChI=1S/C16H19N5/c1-12-14-4-2-3-5-15(14)16(20-19-12)18-13-6-9-21(10-7-13)11-8-17/h2-5,13H,6-7,9-11H2,1H3,(H,18,20). The fourth-order valence-corrected chi connectivity index (χ4v) is 2.87. The summed E-state index contributed by atoms with van der Waals surface area (Å²) in [6.45, 7) is 4.43. The van der Waals surface area contributed by atoms with E-state index in [9.17, 15) is 0 Å². The molecule has 1 aliphatic rings. The van der Waals surface area contributed by atoms with Gasteiger partial charge in [0.1, 0.15) is 0 Å². The monoisotopic (exact) mass is 281 g/mol. The number of nitriles is 1. The molecule has 2 aromatic rings. The Balaban J connectivity index is 1.75. The summed E-state index contributed by atoms with van der Waals surface area (Å²) >= 11 is 0. The Morgan fingerprint density at radius 1 is 1.24 bits per heavy atom. The van der Waals surface area contributed by atoms with Gasteiger partial charge in [-0.25, -0.2) is 0 Å². The highest BCUT2D eigenvalue weighted by Gasteiger charge is 2.20. The van der Waals surface area contributed by atoms with Crippen LogP contribution in [0.3, 0.4) is 0 Å². The van der Waals surface area contributed by atoms with Gasteiger partial charge in [-0.05, 0) is 19.8 Å². The normalized spacial score (nSPS) is 16.8. The molecule has 0 spiro atoms. The van der Waals surface area contributed by atoms with Gasteiger partial charge in [0.25, 0.3) is 0 Å². The predicted octanol–water partition coefficient (Wildman–Crippen LogP) is 2.34. The molecule has 0 bridgehead atoms. The smallest absolute Gasteiger partial charge is 0.156 e. The molecule has 1 saturated heterocycles. The van der Waals surface area contributed by atoms with Crippen molar-refractivity contribution in [1.29, 1.82) is 5.26 Å². The number of aryl methyl sites for hydroxylation is 1. The molecule has 0 unspecified atom stereocenters. The van der Waals surface area contributed by atoms with Crippen LogP contribution in [-0.2, 0) is 0 Å². The minimum Gasteiger partial charge on any atom is -0.365 e. The molecule has 0 atom stereocenters. The number of aromatic nitrogens is 2. The molecule has 0 aliphatic carbocycles. The Morgan fingerprint density at radius 3 is 2.67 bits per heavy atom. The first-order chi connectivity index (χ1) is 10.3. The molecule has 1 aromatic carbocycles. The van der Waals surface area contributed by atoms with E-state index >= 15 is 0 Å². The van der Waals surface area contributed by atoms with Gasteiger partial charge in [-0.3, -0.25) is 4.90 Å². The van der Waals surface area contributed by atoms with Crippen molar-refractivity contribution >= 4 is 16.6 Å². The van der Waals surface area contributed by atoms with Crippen LogP contribution in [0.15, 0.2) is 24.3 Å². The Hall–Kier alpha value is -2.19. The van der Waals surface area contributed by atoms with Crippen LogP contribution in [0, 0.1) is 18.3 Å². The summed E-state index contributed by atoms with van der Waals surface area (Å²) in [7, 11) is 0. The Bertz CT molecular complexity index is 668. The third kappa shape index (κ3) is 2.96. The van der Waals surface area contributed by atoms with Crippen molar-refractivity contribution < 1.29 is 0 Å². The summed E-state index contributed by atoms with van der Waals surface area (Å²) in [5.41, 5.74) is 0.958. The second kappa shape index (κ2) is 6.06. The maximum absolute atomic E-state index is 8.74. The van der Waals surface area contributed by atoms with Crippen LogP contribution < -0.4 is 5.32 Å². The number of anilines is 1. The largest absolute Gasteiger partial charge is 0.365 e. The van der Waals surface area contributed by atoms with E-state index in [-0.39, 0.29) is 0 Å². The molecule has 108 valence electrons. The second-order valence-electron chi connectivity index (χ2n) is 5.53. The summed E-state index contributed by atoms with van der Waals surface area (Å²) in [5, 5.41) is 23.1. The maximum atomic E-state index is 8.74. The van der Waals surface area contributed by atoms with E-state index in [2.05, 4.69) is 38.6 Å². The molecule has 2 heterocycles. The molecular weight excluding hydrogens is 262 g/mol. The van der Waals surface area contributed by atoms with Gasteiger partial charge in [-0.1, -0.05) is 24.3 Å². The van der Waals surface area contributed by atoms with Crippen LogP contribution in [0.2, 0.25) is 0 Å². The number of fused-ring (bicyclic) bond motifs is 1. The first-order valence-electron chi connectivity index (χ1n) is 7.36. The molecule has 1 fully saturated rings. The van der Waals surface area contributed by atoms with Crippen molar-refractivity contribution in [3.05, 3.63) is 30.0 Å². The van der Waals surface area contributed by atoms with E-state index in [1.807, 2.05) is 19.1 Å². The zero-order valence-corrected chi connectivity index (χ0v) is 12.2. The van der Waals surface area contributed by atoms with Crippen molar-refractivity contribution in [2.75, 3.05) is 25.0 Å². The third-order valence-corrected chi connectivity index (χ3v) is 4.09. The number of likely N-dealkylation sites (tertiary alicyclic amines) is 1. The minimum absolute atomic E-state index is 0.403. The number of benzene rings is 1. The summed E-state index contributed by atoms with van der Waals surface area (Å²) in [5.74, 6) is 0.870. The van der Waals surface area contributed by atoms with Gasteiger partial charge in [0, 0.05) is 29.9 Å². The summed E-state index contributed by atoms with van der Waals surface area (Å²) in [6.07, 6.45) is 2.07. The van der Waals surface area contributed by atoms with Crippen molar-refractivity contribution in [1.82, 2.24) is 15.1 Å². The topological polar surface area (TPSA) is 64.8 Å². The first-order valence-corrected chi connectivity index (χ1v) is 7.36. The van der Waals surface area contributed by atoms with Crippen LogP contribution in [0.5, 0.6) is 0 Å². The van der Waals surface area contributed by atoms with E-state index in [4.69, 9.17) is 5.26 Å². The van der Waals surface area contributed by atoms with Gasteiger partial charge in [0.05, 0.1) is 18.3 Å². The van der Waals surface area contributed by atoms with Crippen molar-refractivity contribution in [3.8, 4) is 6.07 Å². The van der Waals surface area contributed by atoms with E-state index in [0.717, 1.165) is 48.2 Å². The molecule has 0 saturated carbocycles. The maximum Gasteiger partial charge on any atom is 0.156 e. The number of hydrogen-bond donors (Lipinski definition) is 1. The van der Waals surface area contributed by atoms with E-state index < -0.39 is 0 Å². The number of rotatable bonds is 3. The number of hydrogen-bond acceptors (Lipinski definition) is 5. The van der Waals surface area contributed by atoms with Crippen LogP contribution in [-0.4, -0.2) is 40.8 Å². The summed E-state index contributed by atoms with van der Waals surface area (Å²) in [6, 6.07) is 10.9. The van der Waals surface area contributed by atoms with E-state index in [0.29, 0.717) is 12.6 Å². The molecule has 3 rings (SSSR count). The summed E-state index contributed by atoms with van der Waals surface area (Å²) in [4.78, 5) is 2.19. The van der Waals surface area contributed by atoms with Crippen LogP contribution in [0.25, 0.3) is 10.8 Å². The second-order valence-corrected chi connectivity index (χ2v) is 5.53. The minimum atomic E-state index is 0.403. The molecule has 5 nitrogen and oxygen atoms in total. The van der Waals surface area contributed by atoms with E-state index in [1.54, 1.807) is 0 Å². The van der Waals surface area contributed by atoms with Gasteiger partial charge in [-0.2, -0.15) is 10.4 Å². The fourth-order valence-electron chi connectivity index (χ4n) is 2.87. The van der Waals surface area contributed by atoms with Crippen molar-refractivity contribution in [3.63, 3.8) is 0 Å². The molecule has 0 amide bonds. The lowest BCUT2D eigenvalue weighted by molar-refractivity contribution is 0.242. The molecular formula is C16H19N5. The molecule has 5 heteroatoms. The lowest BCUT2D eigenvalue weighted by atomic mass is 10.0. The average molecular weight is 281 g/mol. The quantitative estimate of drug-likeness (QED) is 0.875. The van der Waals surface area contributed by atoms with Crippen molar-refractivity contribution in [2.45, 2.75) is 25.8 Å². The molecule has 1 N–H and O–H groups in total. The first kappa shape index (κ1) is 13.8. The molecule has 21 heavy (non-hydrogen) atoms. The van der Waals surface area contributed by atoms with Crippen LogP contribution in [0.1, 0.15) is 18.5 Å². The van der Waals surface area contributed by atoms with Crippen LogP contribution in [0.4, 0.5) is 5.82 Å². The number of nitrogens with one attached hydrogen (secondary N) is 1. The average Bonchev–Trinajstić information content (AvgIpc) is 2.52.